The summed E-state index contributed by atoms with van der Waals surface area (Å²) in [6.45, 7) is 14.6. The minimum atomic E-state index is -1.22. The zero-order valence-electron chi connectivity index (χ0n) is 32.1. The van der Waals surface area contributed by atoms with Crippen molar-refractivity contribution in [3.8, 4) is 0 Å². The highest BCUT2D eigenvalue weighted by Crippen LogP contribution is 2.66. The first-order chi connectivity index (χ1) is 24.0. The fraction of sp³-hybridized carbons (Fsp3) is 0.816. The van der Waals surface area contributed by atoms with Crippen molar-refractivity contribution in [3.05, 3.63) is 12.7 Å². The topological polar surface area (TPSA) is 157 Å². The third-order valence-corrected chi connectivity index (χ3v) is 13.4. The molecule has 51 heavy (non-hydrogen) atoms. The van der Waals surface area contributed by atoms with Crippen molar-refractivity contribution in [2.45, 2.75) is 136 Å². The van der Waals surface area contributed by atoms with E-state index in [2.05, 4.69) is 34.8 Å². The van der Waals surface area contributed by atoms with Crippen LogP contribution in [-0.2, 0) is 30.2 Å². The molecule has 4 aliphatic rings. The lowest BCUT2D eigenvalue weighted by Gasteiger charge is -2.43. The number of nitrogens with zero attached hydrogens (tertiary/aromatic N) is 2. The molecule has 4 N–H and O–H groups in total. The predicted octanol–water partition coefficient (Wildman–Crippen LogP) is 3.83. The Kier molecular flexibility index (Phi) is 13.6. The maximum absolute atomic E-state index is 15.0. The minimum Gasteiger partial charge on any atom is -0.346 e. The number of unbranched alkanes of at least 4 members (excludes halogenated alkanes) is 1. The number of hydrogen-bond acceptors (Lipinski definition) is 6. The molecule has 3 aliphatic carbocycles. The smallest absolute Gasteiger partial charge is 0.315 e. The molecule has 5 amide bonds. The number of fused-ring (bicyclic) bond motifs is 2. The van der Waals surface area contributed by atoms with Crippen molar-refractivity contribution in [2.24, 2.45) is 28.1 Å². The van der Waals surface area contributed by atoms with Crippen molar-refractivity contribution < 1.29 is 28.2 Å². The van der Waals surface area contributed by atoms with Crippen LogP contribution in [0.5, 0.6) is 0 Å². The van der Waals surface area contributed by atoms with E-state index < -0.39 is 58.2 Å². The summed E-state index contributed by atoms with van der Waals surface area (Å²) in [6.07, 6.45) is 13.3. The van der Waals surface area contributed by atoms with Gasteiger partial charge in [0.25, 0.3) is 5.91 Å². The van der Waals surface area contributed by atoms with Crippen LogP contribution in [0.25, 0.3) is 0 Å². The van der Waals surface area contributed by atoms with E-state index in [1.165, 1.54) is 6.08 Å². The van der Waals surface area contributed by atoms with Crippen molar-refractivity contribution in [2.75, 3.05) is 32.9 Å². The third-order valence-electron chi connectivity index (χ3n) is 12.4. The molecule has 288 valence electrons. The highest BCUT2D eigenvalue weighted by Gasteiger charge is 2.64. The van der Waals surface area contributed by atoms with Gasteiger partial charge >= 0.3 is 6.03 Å². The number of carbonyl (C=O) groups is 5. The van der Waals surface area contributed by atoms with Gasteiger partial charge < -0.3 is 26.2 Å². The van der Waals surface area contributed by atoms with Crippen LogP contribution in [0.15, 0.2) is 12.7 Å². The van der Waals surface area contributed by atoms with Crippen LogP contribution in [0.3, 0.4) is 0 Å². The van der Waals surface area contributed by atoms with Gasteiger partial charge in [0.2, 0.25) is 17.6 Å². The van der Waals surface area contributed by atoms with Gasteiger partial charge in [-0.15, -0.1) is 6.58 Å². The molecular formula is C38H64N6O6S. The monoisotopic (exact) mass is 732 g/mol. The average Bonchev–Trinajstić information content (AvgIpc) is 3.65. The van der Waals surface area contributed by atoms with Gasteiger partial charge in [0.05, 0.1) is 17.0 Å². The molecule has 1 spiro atoms. The number of urea groups is 1. The van der Waals surface area contributed by atoms with E-state index in [0.29, 0.717) is 25.9 Å². The van der Waals surface area contributed by atoms with E-state index in [9.17, 15) is 23.4 Å². The lowest BCUT2D eigenvalue weighted by Crippen LogP contribution is -2.63. The molecule has 0 radical (unpaired) electrons. The zero-order valence-corrected chi connectivity index (χ0v) is 32.9. The summed E-state index contributed by atoms with van der Waals surface area (Å²) in [7, 11) is 0.528. The van der Waals surface area contributed by atoms with E-state index in [-0.39, 0.29) is 41.2 Å². The van der Waals surface area contributed by atoms with Gasteiger partial charge in [0.1, 0.15) is 12.1 Å². The predicted molar refractivity (Wildman–Crippen MR) is 200 cm³/mol. The number of carbonyl (C=O) groups excluding carboxylic acids is 5. The Morgan fingerprint density at radius 3 is 2.25 bits per heavy atom. The van der Waals surface area contributed by atoms with Gasteiger partial charge in [-0.25, -0.2) is 13.3 Å². The third kappa shape index (κ3) is 9.60. The number of nitrogens with one attached hydrogen (secondary N) is 4. The minimum absolute atomic E-state index is 0.0580. The normalized spacial score (nSPS) is 25.6. The van der Waals surface area contributed by atoms with Gasteiger partial charge in [0.15, 0.2) is 0 Å². The Balaban J connectivity index is 1.63. The van der Waals surface area contributed by atoms with Crippen LogP contribution in [-0.4, -0.2) is 100 Å². The van der Waals surface area contributed by atoms with Crippen LogP contribution in [0.4, 0.5) is 4.79 Å². The van der Waals surface area contributed by atoms with Gasteiger partial charge in [-0.2, -0.15) is 0 Å². The molecule has 1 aliphatic heterocycles. The maximum atomic E-state index is 15.0. The molecule has 12 nitrogen and oxygen atoms in total. The molecule has 3 saturated carbocycles. The van der Waals surface area contributed by atoms with Crippen LogP contribution in [0.1, 0.15) is 112 Å². The van der Waals surface area contributed by atoms with E-state index in [4.69, 9.17) is 0 Å². The maximum Gasteiger partial charge on any atom is 0.315 e. The first-order valence-electron chi connectivity index (χ1n) is 19.1. The lowest BCUT2D eigenvalue weighted by molar-refractivity contribution is -0.145. The van der Waals surface area contributed by atoms with Crippen molar-refractivity contribution in [1.29, 1.82) is 0 Å². The summed E-state index contributed by atoms with van der Waals surface area (Å²) in [5, 5.41) is 11.7. The number of ketones is 1. The molecule has 0 bridgehead atoms. The second kappa shape index (κ2) is 16.9. The number of rotatable bonds is 16. The van der Waals surface area contributed by atoms with Gasteiger partial charge in [-0.1, -0.05) is 72.8 Å². The molecule has 0 aromatic rings. The van der Waals surface area contributed by atoms with E-state index in [0.717, 1.165) is 64.2 Å². The van der Waals surface area contributed by atoms with Crippen LogP contribution < -0.4 is 21.3 Å². The Bertz CT molecular complexity index is 1340. The number of likely N-dealkylation sites (tertiary alicyclic amines) is 1. The molecule has 4 fully saturated rings. The van der Waals surface area contributed by atoms with E-state index >= 15 is 4.79 Å². The van der Waals surface area contributed by atoms with Crippen LogP contribution in [0.2, 0.25) is 0 Å². The molecule has 1 heterocycles. The van der Waals surface area contributed by atoms with Gasteiger partial charge in [0, 0.05) is 31.9 Å². The molecular weight excluding hydrogens is 669 g/mol. The fourth-order valence-corrected chi connectivity index (χ4v) is 9.18. The Morgan fingerprint density at radius 2 is 1.69 bits per heavy atom. The zero-order chi connectivity index (χ0) is 37.7. The van der Waals surface area contributed by atoms with E-state index in [1.807, 2.05) is 27.7 Å². The Hall–Kier alpha value is -2.80. The summed E-state index contributed by atoms with van der Waals surface area (Å²) < 4.78 is 13.9. The highest BCUT2D eigenvalue weighted by atomic mass is 32.2. The van der Waals surface area contributed by atoms with Gasteiger partial charge in [-0.3, -0.25) is 19.2 Å². The number of amides is 5. The highest BCUT2D eigenvalue weighted by molar-refractivity contribution is 7.81. The summed E-state index contributed by atoms with van der Waals surface area (Å²) in [6, 6.07) is -3.50. The van der Waals surface area contributed by atoms with Crippen molar-refractivity contribution in [1.82, 2.24) is 30.5 Å². The van der Waals surface area contributed by atoms with Crippen LogP contribution >= 0.6 is 0 Å². The fourth-order valence-electron chi connectivity index (χ4n) is 8.82. The Labute approximate surface area is 308 Å². The molecule has 13 heteroatoms. The van der Waals surface area contributed by atoms with Crippen LogP contribution in [0, 0.1) is 28.1 Å². The first-order valence-corrected chi connectivity index (χ1v) is 20.6. The summed E-state index contributed by atoms with van der Waals surface area (Å²) in [5.41, 5.74) is -0.743. The number of hydrogen-bond donors (Lipinski definition) is 4. The molecule has 0 aromatic heterocycles. The number of Topliss-reactive ketones (excluding diaryl/α,β-unsaturated/α-hetero) is 1. The summed E-state index contributed by atoms with van der Waals surface area (Å²) in [4.78, 5) is 71.1. The first kappa shape index (κ1) is 41.0. The largest absolute Gasteiger partial charge is 0.346 e. The lowest BCUT2D eigenvalue weighted by atomic mass is 9.70. The molecule has 2 unspecified atom stereocenters. The average molecular weight is 733 g/mol. The summed E-state index contributed by atoms with van der Waals surface area (Å²) in [5.74, 6) is -2.02. The summed E-state index contributed by atoms with van der Waals surface area (Å²) >= 11 is 0. The van der Waals surface area contributed by atoms with Crippen molar-refractivity contribution >= 4 is 40.5 Å². The SMILES string of the molecule is C=CCNC(=O)C(=O)C(CCCC)NC(=O)[C@@H]1[C@H]2CCC3(CC3)[C@H]2CN1C(=O)[C@@H](NC(=O)N[C@H](CN(C)S(C)=O)C(C)(C)C)C1(C)CCCCC1. The molecule has 1 saturated heterocycles. The second-order valence-corrected chi connectivity index (χ2v) is 18.6. The van der Waals surface area contributed by atoms with Gasteiger partial charge in [-0.05, 0) is 80.1 Å². The molecule has 4 rings (SSSR count). The Morgan fingerprint density at radius 1 is 1.02 bits per heavy atom. The second-order valence-electron chi connectivity index (χ2n) is 17.1. The number of likely N-dealkylation sites (N-methyl/N-ethyl adjacent to an activating group) is 1. The quantitative estimate of drug-likeness (QED) is 0.140. The van der Waals surface area contributed by atoms with Crippen molar-refractivity contribution in [3.63, 3.8) is 0 Å². The van der Waals surface area contributed by atoms with E-state index in [1.54, 1.807) is 22.5 Å². The standard InChI is InChI=1S/C38H64N6O6S/c1-9-11-15-27(30(45)33(47)39-22-10-2)40-32(46)29-25-16-19-38(20-21-38)26(25)23-44(29)34(48)31(37(6)17-13-12-14-18-37)42-35(49)41-28(36(3,4)5)24-43(7)51(8)50/h10,25-29,31H,2,9,11-24H2,1,3-8H3,(H,39,47)(H,40,46)(H2,41,42,49)/t25-,26-,27?,28+,29-,31+,51?/m0/s1. The molecule has 7 atom stereocenters. The molecule has 0 aromatic carbocycles.